The molecule has 0 bridgehead atoms. The van der Waals surface area contributed by atoms with Crippen molar-refractivity contribution < 1.29 is 23.3 Å². The molecule has 2 aromatic carbocycles. The van der Waals surface area contributed by atoms with E-state index in [4.69, 9.17) is 29.7 Å². The van der Waals surface area contributed by atoms with E-state index in [2.05, 4.69) is 11.9 Å². The van der Waals surface area contributed by atoms with Crippen molar-refractivity contribution in [2.45, 2.75) is 12.5 Å². The van der Waals surface area contributed by atoms with Gasteiger partial charge in [-0.2, -0.15) is 0 Å². The molecular formula is C25H22FN3O4. The molecule has 8 heteroatoms. The van der Waals surface area contributed by atoms with Crippen molar-refractivity contribution in [1.29, 1.82) is 0 Å². The summed E-state index contributed by atoms with van der Waals surface area (Å²) in [6.07, 6.45) is 1.70. The van der Waals surface area contributed by atoms with Crippen LogP contribution >= 0.6 is 0 Å². The van der Waals surface area contributed by atoms with Crippen LogP contribution in [0.4, 0.5) is 4.39 Å². The fourth-order valence-electron chi connectivity index (χ4n) is 4.39. The highest BCUT2D eigenvalue weighted by Gasteiger charge is 2.48. The zero-order valence-electron chi connectivity index (χ0n) is 18.0. The van der Waals surface area contributed by atoms with Crippen molar-refractivity contribution in [3.05, 3.63) is 71.7 Å². The number of hydrogen-bond donors (Lipinski definition) is 1. The number of aromatic nitrogens is 1. The van der Waals surface area contributed by atoms with Gasteiger partial charge in [0.05, 0.1) is 25.4 Å². The topological polar surface area (TPSA) is 88.2 Å². The third-order valence-corrected chi connectivity index (χ3v) is 6.30. The monoisotopic (exact) mass is 447 g/mol. The third-order valence-electron chi connectivity index (χ3n) is 6.30. The molecule has 1 spiro atoms. The molecule has 2 N–H and O–H groups in total. The Morgan fingerprint density at radius 1 is 1.03 bits per heavy atom. The summed E-state index contributed by atoms with van der Waals surface area (Å²) >= 11 is 0. The first-order valence-corrected chi connectivity index (χ1v) is 10.7. The van der Waals surface area contributed by atoms with Crippen LogP contribution in [0, 0.1) is 11.2 Å². The first-order valence-electron chi connectivity index (χ1n) is 10.7. The summed E-state index contributed by atoms with van der Waals surface area (Å²) in [7, 11) is 0. The van der Waals surface area contributed by atoms with Gasteiger partial charge >= 0.3 is 0 Å². The van der Waals surface area contributed by atoms with Gasteiger partial charge in [0.1, 0.15) is 23.9 Å². The Morgan fingerprint density at radius 3 is 2.55 bits per heavy atom. The van der Waals surface area contributed by atoms with Crippen LogP contribution in [0.2, 0.25) is 0 Å². The molecule has 1 fully saturated rings. The lowest BCUT2D eigenvalue weighted by molar-refractivity contribution is -0.120. The largest absolute Gasteiger partial charge is 0.493 e. The molecule has 0 saturated carbocycles. The van der Waals surface area contributed by atoms with Crippen molar-refractivity contribution in [3.63, 3.8) is 0 Å². The van der Waals surface area contributed by atoms with E-state index in [9.17, 15) is 4.39 Å². The molecule has 3 aliphatic rings. The number of nitrogens with two attached hydrogens (primary N) is 1. The number of aliphatic imine (C=N–C) groups is 1. The summed E-state index contributed by atoms with van der Waals surface area (Å²) in [5.74, 6) is 1.46. The summed E-state index contributed by atoms with van der Waals surface area (Å²) in [5.41, 5.74) is 8.24. The van der Waals surface area contributed by atoms with Gasteiger partial charge in [0.25, 0.3) is 6.02 Å². The lowest BCUT2D eigenvalue weighted by Crippen LogP contribution is -2.44. The number of ether oxygens (including phenoxy) is 4. The van der Waals surface area contributed by atoms with Gasteiger partial charge in [0.15, 0.2) is 5.54 Å². The zero-order valence-corrected chi connectivity index (χ0v) is 18.0. The maximum Gasteiger partial charge on any atom is 0.283 e. The predicted molar refractivity (Wildman–Crippen MR) is 119 cm³/mol. The summed E-state index contributed by atoms with van der Waals surface area (Å²) in [5, 5.41) is 0. The molecule has 6 rings (SSSR count). The molecule has 0 amide bonds. The van der Waals surface area contributed by atoms with Gasteiger partial charge < -0.3 is 24.7 Å². The van der Waals surface area contributed by atoms with E-state index in [1.54, 1.807) is 18.3 Å². The van der Waals surface area contributed by atoms with Crippen LogP contribution in [0.15, 0.2) is 59.7 Å². The summed E-state index contributed by atoms with van der Waals surface area (Å²) in [6.45, 7) is 4.27. The summed E-state index contributed by atoms with van der Waals surface area (Å²) in [6, 6.07) is 14.0. The Kier molecular flexibility index (Phi) is 4.35. The minimum Gasteiger partial charge on any atom is -0.493 e. The Morgan fingerprint density at radius 2 is 1.85 bits per heavy atom. The van der Waals surface area contributed by atoms with E-state index in [1.807, 2.05) is 24.3 Å². The Labute approximate surface area is 190 Å². The molecule has 1 atom stereocenters. The van der Waals surface area contributed by atoms with Crippen molar-refractivity contribution >= 4 is 6.02 Å². The Balaban J connectivity index is 1.43. The average Bonchev–Trinajstić information content (AvgIpc) is 3.19. The summed E-state index contributed by atoms with van der Waals surface area (Å²) in [4.78, 5) is 9.25. The number of hydrogen-bond acceptors (Lipinski definition) is 7. The third kappa shape index (κ3) is 3.29. The SMILES string of the molecule is CC1(COc2ccc3c(c2)[C@@]2(COC(N)=N2)c2cc(-c4ccc(F)cc4)cnc2O3)COC1. The predicted octanol–water partition coefficient (Wildman–Crippen LogP) is 4.00. The number of amidine groups is 1. The van der Waals surface area contributed by atoms with Crippen LogP contribution in [0.3, 0.4) is 0 Å². The number of rotatable bonds is 4. The number of pyridine rings is 1. The molecule has 0 unspecified atom stereocenters. The fraction of sp³-hybridized carbons (Fsp3) is 0.280. The van der Waals surface area contributed by atoms with E-state index >= 15 is 0 Å². The van der Waals surface area contributed by atoms with E-state index in [1.165, 1.54) is 12.1 Å². The molecule has 3 aliphatic heterocycles. The van der Waals surface area contributed by atoms with Gasteiger partial charge in [-0.1, -0.05) is 19.1 Å². The van der Waals surface area contributed by atoms with Gasteiger partial charge in [-0.25, -0.2) is 14.4 Å². The molecule has 0 radical (unpaired) electrons. The van der Waals surface area contributed by atoms with E-state index in [0.717, 1.165) is 22.3 Å². The maximum absolute atomic E-state index is 13.4. The van der Waals surface area contributed by atoms with Crippen LogP contribution in [0.1, 0.15) is 18.1 Å². The minimum atomic E-state index is -0.918. The lowest BCUT2D eigenvalue weighted by atomic mass is 9.81. The van der Waals surface area contributed by atoms with Crippen LogP contribution in [-0.2, 0) is 15.0 Å². The van der Waals surface area contributed by atoms with Crippen LogP contribution in [0.5, 0.6) is 17.4 Å². The van der Waals surface area contributed by atoms with E-state index in [0.29, 0.717) is 37.2 Å². The van der Waals surface area contributed by atoms with Crippen LogP contribution in [-0.4, -0.2) is 37.4 Å². The van der Waals surface area contributed by atoms with Crippen molar-refractivity contribution in [2.75, 3.05) is 26.4 Å². The standard InChI is InChI=1S/C25H22FN3O4/c1-24(11-30-12-24)13-31-18-6-7-21-19(9-18)25(14-32-23(27)29-25)20-8-16(10-28-22(20)33-21)15-2-4-17(26)5-3-15/h2-10H,11-14H2,1H3,(H2,27,29)/t25-/m0/s1. The molecule has 33 heavy (non-hydrogen) atoms. The number of nitrogens with zero attached hydrogens (tertiary/aromatic N) is 2. The highest BCUT2D eigenvalue weighted by atomic mass is 19.1. The summed E-state index contributed by atoms with van der Waals surface area (Å²) < 4.78 is 36.6. The van der Waals surface area contributed by atoms with E-state index in [-0.39, 0.29) is 23.9 Å². The molecular weight excluding hydrogens is 425 g/mol. The first-order chi connectivity index (χ1) is 15.9. The fourth-order valence-corrected chi connectivity index (χ4v) is 4.39. The van der Waals surface area contributed by atoms with Crippen molar-refractivity contribution in [3.8, 4) is 28.5 Å². The highest BCUT2D eigenvalue weighted by Crippen LogP contribution is 2.51. The average molecular weight is 447 g/mol. The van der Waals surface area contributed by atoms with Gasteiger partial charge in [0.2, 0.25) is 5.88 Å². The van der Waals surface area contributed by atoms with Gasteiger partial charge in [-0.3, -0.25) is 0 Å². The molecule has 4 heterocycles. The number of fused-ring (bicyclic) bond motifs is 4. The second-order valence-corrected chi connectivity index (χ2v) is 9.03. The van der Waals surface area contributed by atoms with Gasteiger partial charge in [-0.15, -0.1) is 0 Å². The maximum atomic E-state index is 13.4. The number of benzene rings is 2. The van der Waals surface area contributed by atoms with Crippen LogP contribution < -0.4 is 15.2 Å². The first kappa shape index (κ1) is 20.0. The van der Waals surface area contributed by atoms with Gasteiger partial charge in [0, 0.05) is 22.7 Å². The molecule has 0 aliphatic carbocycles. The van der Waals surface area contributed by atoms with Crippen molar-refractivity contribution in [1.82, 2.24) is 4.98 Å². The van der Waals surface area contributed by atoms with Gasteiger partial charge in [-0.05, 0) is 42.0 Å². The lowest BCUT2D eigenvalue weighted by Gasteiger charge is -2.37. The zero-order chi connectivity index (χ0) is 22.6. The quantitative estimate of drug-likeness (QED) is 0.651. The number of halogens is 1. The van der Waals surface area contributed by atoms with Crippen molar-refractivity contribution in [2.24, 2.45) is 16.1 Å². The molecule has 168 valence electrons. The second-order valence-electron chi connectivity index (χ2n) is 9.03. The molecule has 1 saturated heterocycles. The Hall–Kier alpha value is -3.65. The molecule has 1 aromatic heterocycles. The smallest absolute Gasteiger partial charge is 0.283 e. The Bertz CT molecular complexity index is 1270. The highest BCUT2D eigenvalue weighted by molar-refractivity contribution is 5.77. The second kappa shape index (κ2) is 7.18. The van der Waals surface area contributed by atoms with Crippen LogP contribution in [0.25, 0.3) is 11.1 Å². The molecule has 3 aromatic rings. The van der Waals surface area contributed by atoms with E-state index < -0.39 is 5.54 Å². The normalized spacial score (nSPS) is 21.8. The molecule has 7 nitrogen and oxygen atoms in total. The minimum absolute atomic E-state index is 0.0176.